The Bertz CT molecular complexity index is 1430. The molecule has 1 heterocycles. The molecule has 0 saturated carbocycles. The SMILES string of the molecule is CCCCOc1ccccc1C1C(C#N)=C(N)Oc2cc(OC(=O)COc3ccccc3[N+](=O)[O-])ccc21. The van der Waals surface area contributed by atoms with Gasteiger partial charge in [-0.3, -0.25) is 10.1 Å². The number of nitriles is 1. The molecule has 1 unspecified atom stereocenters. The Labute approximate surface area is 219 Å². The van der Waals surface area contributed by atoms with Crippen LogP contribution in [0.4, 0.5) is 5.69 Å². The van der Waals surface area contributed by atoms with Crippen molar-refractivity contribution >= 4 is 11.7 Å². The summed E-state index contributed by atoms with van der Waals surface area (Å²) in [6, 6.07) is 20.1. The number of hydrogen-bond acceptors (Lipinski definition) is 9. The molecule has 0 aromatic heterocycles. The third kappa shape index (κ3) is 5.68. The van der Waals surface area contributed by atoms with Gasteiger partial charge in [0.05, 0.1) is 17.4 Å². The van der Waals surface area contributed by atoms with E-state index in [-0.39, 0.29) is 28.6 Å². The first-order valence-electron chi connectivity index (χ1n) is 11.9. The molecule has 1 aliphatic rings. The van der Waals surface area contributed by atoms with Crippen molar-refractivity contribution in [2.24, 2.45) is 5.73 Å². The number of allylic oxidation sites excluding steroid dienone is 1. The van der Waals surface area contributed by atoms with Crippen LogP contribution in [0, 0.1) is 21.4 Å². The largest absolute Gasteiger partial charge is 0.493 e. The first kappa shape index (κ1) is 26.0. The summed E-state index contributed by atoms with van der Waals surface area (Å²) in [4.78, 5) is 22.9. The summed E-state index contributed by atoms with van der Waals surface area (Å²) in [5.74, 6) is -0.315. The molecule has 1 atom stereocenters. The van der Waals surface area contributed by atoms with Crippen molar-refractivity contribution < 1.29 is 28.7 Å². The van der Waals surface area contributed by atoms with Gasteiger partial charge in [0.2, 0.25) is 5.88 Å². The summed E-state index contributed by atoms with van der Waals surface area (Å²) in [7, 11) is 0. The number of nitro benzene ring substituents is 1. The number of nitro groups is 1. The van der Waals surface area contributed by atoms with E-state index in [2.05, 4.69) is 13.0 Å². The molecular formula is C28H25N3O7. The van der Waals surface area contributed by atoms with E-state index in [0.717, 1.165) is 18.4 Å². The molecular weight excluding hydrogens is 490 g/mol. The van der Waals surface area contributed by atoms with E-state index in [4.69, 9.17) is 24.7 Å². The Morgan fingerprint density at radius 2 is 1.82 bits per heavy atom. The number of carbonyl (C=O) groups excluding carboxylic acids is 1. The molecule has 0 fully saturated rings. The topological polar surface area (TPSA) is 147 Å². The molecule has 0 aliphatic carbocycles. The number of nitrogens with two attached hydrogens (primary N) is 1. The quantitative estimate of drug-likeness (QED) is 0.130. The molecule has 0 amide bonds. The Kier molecular flexibility index (Phi) is 8.08. The smallest absolute Gasteiger partial charge is 0.349 e. The summed E-state index contributed by atoms with van der Waals surface area (Å²) in [6.07, 6.45) is 1.87. The van der Waals surface area contributed by atoms with E-state index in [1.807, 2.05) is 24.3 Å². The van der Waals surface area contributed by atoms with Gasteiger partial charge < -0.3 is 24.7 Å². The van der Waals surface area contributed by atoms with Crippen molar-refractivity contribution in [3.63, 3.8) is 0 Å². The number of fused-ring (bicyclic) bond motifs is 1. The molecule has 4 rings (SSSR count). The van der Waals surface area contributed by atoms with Crippen LogP contribution in [0.1, 0.15) is 36.8 Å². The van der Waals surface area contributed by atoms with E-state index >= 15 is 0 Å². The second-order valence-electron chi connectivity index (χ2n) is 8.35. The lowest BCUT2D eigenvalue weighted by molar-refractivity contribution is -0.385. The normalized spacial score (nSPS) is 14.1. The molecule has 0 spiro atoms. The van der Waals surface area contributed by atoms with Crippen LogP contribution < -0.4 is 24.7 Å². The predicted octanol–water partition coefficient (Wildman–Crippen LogP) is 4.98. The summed E-state index contributed by atoms with van der Waals surface area (Å²) in [5, 5.41) is 21.0. The lowest BCUT2D eigenvalue weighted by Gasteiger charge is -2.28. The van der Waals surface area contributed by atoms with Gasteiger partial charge in [0.15, 0.2) is 12.4 Å². The van der Waals surface area contributed by atoms with Gasteiger partial charge in [0.1, 0.15) is 28.9 Å². The van der Waals surface area contributed by atoms with Crippen LogP contribution >= 0.6 is 0 Å². The minimum Gasteiger partial charge on any atom is -0.493 e. The molecule has 0 saturated heterocycles. The van der Waals surface area contributed by atoms with E-state index in [9.17, 15) is 20.2 Å². The maximum absolute atomic E-state index is 12.4. The number of unbranched alkanes of at least 4 members (excludes halogenated alkanes) is 1. The van der Waals surface area contributed by atoms with Crippen LogP contribution in [0.3, 0.4) is 0 Å². The third-order valence-electron chi connectivity index (χ3n) is 5.82. The van der Waals surface area contributed by atoms with E-state index in [1.54, 1.807) is 18.2 Å². The van der Waals surface area contributed by atoms with Gasteiger partial charge in [-0.2, -0.15) is 5.26 Å². The standard InChI is InChI=1S/C28H25N3O7/c1-2-3-14-35-23-10-6-4-8-19(23)27-20-13-12-18(15-25(20)38-28(30)21(27)16-29)37-26(32)17-36-24-11-7-5-9-22(24)31(33)34/h4-13,15,27H,2-3,14,17,30H2,1H3. The molecule has 2 N–H and O–H groups in total. The number of ether oxygens (including phenoxy) is 4. The fourth-order valence-electron chi connectivity index (χ4n) is 4.02. The van der Waals surface area contributed by atoms with Gasteiger partial charge in [-0.05, 0) is 24.6 Å². The van der Waals surface area contributed by atoms with Crippen LogP contribution in [0.15, 0.2) is 78.2 Å². The minimum atomic E-state index is -0.772. The van der Waals surface area contributed by atoms with Crippen LogP contribution in [0.5, 0.6) is 23.0 Å². The number of hydrogen-bond donors (Lipinski definition) is 1. The molecule has 0 radical (unpaired) electrons. The molecule has 3 aromatic carbocycles. The number of nitrogens with zero attached hydrogens (tertiary/aromatic N) is 2. The summed E-state index contributed by atoms with van der Waals surface area (Å²) in [5.41, 5.74) is 7.51. The Morgan fingerprint density at radius 3 is 2.55 bits per heavy atom. The number of carbonyl (C=O) groups is 1. The Balaban J connectivity index is 1.56. The lowest BCUT2D eigenvalue weighted by Crippen LogP contribution is -2.22. The predicted molar refractivity (Wildman–Crippen MR) is 137 cm³/mol. The van der Waals surface area contributed by atoms with Crippen molar-refractivity contribution in [2.75, 3.05) is 13.2 Å². The first-order chi connectivity index (χ1) is 18.4. The molecule has 38 heavy (non-hydrogen) atoms. The second kappa shape index (κ2) is 11.8. The zero-order chi connectivity index (χ0) is 27.1. The van der Waals surface area contributed by atoms with Crippen molar-refractivity contribution in [3.8, 4) is 29.1 Å². The van der Waals surface area contributed by atoms with Gasteiger partial charge in [-0.15, -0.1) is 0 Å². The zero-order valence-electron chi connectivity index (χ0n) is 20.6. The lowest BCUT2D eigenvalue weighted by atomic mass is 9.83. The number of esters is 1. The van der Waals surface area contributed by atoms with Gasteiger partial charge in [0.25, 0.3) is 0 Å². The van der Waals surface area contributed by atoms with E-state index in [0.29, 0.717) is 23.7 Å². The molecule has 0 bridgehead atoms. The fourth-order valence-corrected chi connectivity index (χ4v) is 4.02. The second-order valence-corrected chi connectivity index (χ2v) is 8.35. The molecule has 10 nitrogen and oxygen atoms in total. The number of para-hydroxylation sites is 3. The average molecular weight is 516 g/mol. The summed E-state index contributed by atoms with van der Waals surface area (Å²) in [6.45, 7) is 2.06. The van der Waals surface area contributed by atoms with E-state index < -0.39 is 23.4 Å². The van der Waals surface area contributed by atoms with E-state index in [1.165, 1.54) is 24.3 Å². The maximum atomic E-state index is 12.4. The first-order valence-corrected chi connectivity index (χ1v) is 11.9. The van der Waals surface area contributed by atoms with Crippen molar-refractivity contribution in [1.82, 2.24) is 0 Å². The molecule has 194 valence electrons. The van der Waals surface area contributed by atoms with Crippen LogP contribution in [-0.2, 0) is 4.79 Å². The highest BCUT2D eigenvalue weighted by Crippen LogP contribution is 2.45. The zero-order valence-corrected chi connectivity index (χ0v) is 20.6. The van der Waals surface area contributed by atoms with Crippen molar-refractivity contribution in [1.29, 1.82) is 5.26 Å². The van der Waals surface area contributed by atoms with Gasteiger partial charge in [-0.1, -0.05) is 49.7 Å². The average Bonchev–Trinajstić information content (AvgIpc) is 2.91. The number of rotatable bonds is 10. The fraction of sp³-hybridized carbons (Fsp3) is 0.214. The van der Waals surface area contributed by atoms with Gasteiger partial charge >= 0.3 is 11.7 Å². The van der Waals surface area contributed by atoms with Crippen molar-refractivity contribution in [2.45, 2.75) is 25.7 Å². The van der Waals surface area contributed by atoms with Gasteiger partial charge in [-0.25, -0.2) is 4.79 Å². The highest BCUT2D eigenvalue weighted by Gasteiger charge is 2.33. The molecule has 1 aliphatic heterocycles. The summed E-state index contributed by atoms with van der Waals surface area (Å²) < 4.78 is 22.4. The number of benzene rings is 3. The summed E-state index contributed by atoms with van der Waals surface area (Å²) >= 11 is 0. The maximum Gasteiger partial charge on any atom is 0.349 e. The highest BCUT2D eigenvalue weighted by molar-refractivity contribution is 5.74. The highest BCUT2D eigenvalue weighted by atomic mass is 16.6. The van der Waals surface area contributed by atoms with Crippen LogP contribution in [0.25, 0.3) is 0 Å². The molecule has 10 heteroatoms. The monoisotopic (exact) mass is 515 g/mol. The van der Waals surface area contributed by atoms with Gasteiger partial charge in [0, 0.05) is 23.3 Å². The Morgan fingerprint density at radius 1 is 1.08 bits per heavy atom. The van der Waals surface area contributed by atoms with Crippen LogP contribution in [-0.4, -0.2) is 24.1 Å². The van der Waals surface area contributed by atoms with Crippen molar-refractivity contribution in [3.05, 3.63) is 99.4 Å². The Hall–Kier alpha value is -5.04. The molecule has 3 aromatic rings. The van der Waals surface area contributed by atoms with Crippen LogP contribution in [0.2, 0.25) is 0 Å². The minimum absolute atomic E-state index is 0.0483. The third-order valence-corrected chi connectivity index (χ3v) is 5.82.